The molecule has 6 N–H and O–H groups in total. The predicted molar refractivity (Wildman–Crippen MR) is 278 cm³/mol. The van der Waals surface area contributed by atoms with Crippen LogP contribution in [0.1, 0.15) is 264 Å². The molecule has 0 aromatic carbocycles. The van der Waals surface area contributed by atoms with Crippen molar-refractivity contribution in [2.24, 2.45) is 0 Å². The highest BCUT2D eigenvalue weighted by molar-refractivity contribution is 5.76. The minimum absolute atomic E-state index is 0.0114. The van der Waals surface area contributed by atoms with Crippen molar-refractivity contribution in [3.63, 3.8) is 0 Å². The third-order valence-electron chi connectivity index (χ3n) is 13.6. The second-order valence-electron chi connectivity index (χ2n) is 20.0. The van der Waals surface area contributed by atoms with Crippen LogP contribution in [0.3, 0.4) is 0 Å². The van der Waals surface area contributed by atoms with E-state index < -0.39 is 49.5 Å². The van der Waals surface area contributed by atoms with Crippen molar-refractivity contribution in [2.75, 3.05) is 19.8 Å². The number of amides is 1. The third-order valence-corrected chi connectivity index (χ3v) is 13.6. The average Bonchev–Trinajstić information content (AvgIpc) is 3.33. The van der Waals surface area contributed by atoms with Gasteiger partial charge >= 0.3 is 5.97 Å². The van der Waals surface area contributed by atoms with E-state index in [4.69, 9.17) is 14.2 Å². The number of carbonyl (C=O) groups is 2. The topological polar surface area (TPSA) is 175 Å². The number of unbranched alkanes of at least 4 members (excludes halogenated alkanes) is 33. The predicted octanol–water partition coefficient (Wildman–Crippen LogP) is 12.6. The van der Waals surface area contributed by atoms with E-state index >= 15 is 0 Å². The first kappa shape index (κ1) is 64.2. The normalized spacial score (nSPS) is 19.5. The number of hydrogen-bond acceptors (Lipinski definition) is 10. The molecule has 0 aliphatic carbocycles. The van der Waals surface area contributed by atoms with Gasteiger partial charge in [0, 0.05) is 12.8 Å². The maximum atomic E-state index is 13.0. The minimum atomic E-state index is -1.57. The first-order valence-corrected chi connectivity index (χ1v) is 28.6. The second kappa shape index (κ2) is 47.5. The number of aliphatic hydroxyl groups is 5. The smallest absolute Gasteiger partial charge is 0.305 e. The Morgan fingerprint density at radius 1 is 0.529 bits per heavy atom. The molecule has 1 amide bonds. The molecule has 0 aromatic rings. The number of aliphatic hydroxyl groups excluding tert-OH is 5. The Hall–Kier alpha value is -1.86. The maximum Gasteiger partial charge on any atom is 0.305 e. The van der Waals surface area contributed by atoms with E-state index in [-0.39, 0.29) is 18.5 Å². The van der Waals surface area contributed by atoms with Gasteiger partial charge in [-0.15, -0.1) is 0 Å². The Labute approximate surface area is 416 Å². The Kier molecular flexibility index (Phi) is 44.8. The van der Waals surface area contributed by atoms with Gasteiger partial charge in [0.15, 0.2) is 6.29 Å². The molecule has 0 radical (unpaired) electrons. The molecule has 1 heterocycles. The molecule has 0 spiro atoms. The number of allylic oxidation sites excluding steroid dienone is 3. The summed E-state index contributed by atoms with van der Waals surface area (Å²) in [6.45, 7) is 4.30. The van der Waals surface area contributed by atoms with Gasteiger partial charge in [0.2, 0.25) is 5.91 Å². The van der Waals surface area contributed by atoms with E-state index in [1.165, 1.54) is 161 Å². The average molecular weight is 966 g/mol. The number of esters is 1. The van der Waals surface area contributed by atoms with Gasteiger partial charge in [-0.2, -0.15) is 0 Å². The molecule has 7 atom stereocenters. The van der Waals surface area contributed by atoms with Gasteiger partial charge in [0.05, 0.1) is 32.0 Å². The van der Waals surface area contributed by atoms with Gasteiger partial charge in [-0.05, 0) is 57.8 Å². The summed E-state index contributed by atoms with van der Waals surface area (Å²) in [6, 6.07) is -0.815. The fourth-order valence-electron chi connectivity index (χ4n) is 8.96. The Balaban J connectivity index is 2.08. The summed E-state index contributed by atoms with van der Waals surface area (Å²) in [5.74, 6) is -0.204. The van der Waals surface area contributed by atoms with E-state index in [0.717, 1.165) is 77.0 Å². The van der Waals surface area contributed by atoms with Crippen LogP contribution in [0.4, 0.5) is 0 Å². The molecule has 0 aromatic heterocycles. The highest BCUT2D eigenvalue weighted by Crippen LogP contribution is 2.23. The fourth-order valence-corrected chi connectivity index (χ4v) is 8.96. The Bertz CT molecular complexity index is 1180. The molecule has 11 heteroatoms. The van der Waals surface area contributed by atoms with Crippen LogP contribution in [-0.2, 0) is 23.8 Å². The van der Waals surface area contributed by atoms with Crippen molar-refractivity contribution in [3.8, 4) is 0 Å². The minimum Gasteiger partial charge on any atom is -0.466 e. The van der Waals surface area contributed by atoms with Gasteiger partial charge in [0.1, 0.15) is 24.4 Å². The molecule has 1 rings (SSSR count). The summed E-state index contributed by atoms with van der Waals surface area (Å²) < 4.78 is 16.7. The molecular weight excluding hydrogens is 859 g/mol. The van der Waals surface area contributed by atoms with Gasteiger partial charge in [-0.1, -0.05) is 218 Å². The van der Waals surface area contributed by atoms with Gasteiger partial charge in [0.25, 0.3) is 0 Å². The monoisotopic (exact) mass is 966 g/mol. The van der Waals surface area contributed by atoms with Crippen LogP contribution >= 0.6 is 0 Å². The van der Waals surface area contributed by atoms with Crippen LogP contribution in [0, 0.1) is 0 Å². The molecule has 400 valence electrons. The Morgan fingerprint density at radius 2 is 0.941 bits per heavy atom. The molecule has 1 aliphatic rings. The summed E-state index contributed by atoms with van der Waals surface area (Å²) in [5.41, 5.74) is 0. The van der Waals surface area contributed by atoms with E-state index in [0.29, 0.717) is 19.4 Å². The van der Waals surface area contributed by atoms with E-state index in [1.807, 2.05) is 6.08 Å². The number of nitrogens with one attached hydrogen (secondary N) is 1. The van der Waals surface area contributed by atoms with Crippen molar-refractivity contribution in [2.45, 2.75) is 307 Å². The standard InChI is InChI=1S/C57H107NO10/c1-3-5-7-9-11-13-24-29-33-37-41-45-53(62)66-46-42-38-34-30-26-23-21-19-17-15-16-18-20-22-25-28-32-36-40-44-52(61)58-49(48-67-57-56(65)55(64)54(63)51(47-59)68-57)50(60)43-39-35-31-27-14-12-10-8-6-4-2/h15-16,39,43,49-51,54-57,59-60,63-65H,3-14,17-38,40-42,44-48H2,1-2H3,(H,58,61)/b16-15-,43-39+. The van der Waals surface area contributed by atoms with Crippen LogP contribution < -0.4 is 5.32 Å². The Morgan fingerprint density at radius 3 is 1.41 bits per heavy atom. The van der Waals surface area contributed by atoms with Crippen LogP contribution in [0.2, 0.25) is 0 Å². The zero-order valence-electron chi connectivity index (χ0n) is 43.8. The third kappa shape index (κ3) is 37.0. The lowest BCUT2D eigenvalue weighted by atomic mass is 9.99. The maximum absolute atomic E-state index is 13.0. The van der Waals surface area contributed by atoms with Crippen molar-refractivity contribution in [3.05, 3.63) is 24.3 Å². The van der Waals surface area contributed by atoms with Crippen LogP contribution in [0.5, 0.6) is 0 Å². The van der Waals surface area contributed by atoms with Crippen molar-refractivity contribution in [1.29, 1.82) is 0 Å². The van der Waals surface area contributed by atoms with E-state index in [2.05, 4.69) is 31.3 Å². The molecule has 11 nitrogen and oxygen atoms in total. The molecule has 1 aliphatic heterocycles. The highest BCUT2D eigenvalue weighted by Gasteiger charge is 2.44. The lowest BCUT2D eigenvalue weighted by molar-refractivity contribution is -0.302. The van der Waals surface area contributed by atoms with Gasteiger partial charge in [-0.3, -0.25) is 9.59 Å². The molecule has 0 bridgehead atoms. The highest BCUT2D eigenvalue weighted by atomic mass is 16.7. The number of hydrogen-bond donors (Lipinski definition) is 6. The second-order valence-corrected chi connectivity index (χ2v) is 20.0. The lowest BCUT2D eigenvalue weighted by Crippen LogP contribution is -2.60. The summed E-state index contributed by atoms with van der Waals surface area (Å²) >= 11 is 0. The first-order valence-electron chi connectivity index (χ1n) is 28.6. The van der Waals surface area contributed by atoms with Gasteiger partial charge in [-0.25, -0.2) is 0 Å². The fraction of sp³-hybridized carbons (Fsp3) is 0.895. The van der Waals surface area contributed by atoms with Crippen molar-refractivity contribution >= 4 is 11.9 Å². The van der Waals surface area contributed by atoms with E-state index in [9.17, 15) is 35.1 Å². The summed E-state index contributed by atoms with van der Waals surface area (Å²) in [7, 11) is 0. The van der Waals surface area contributed by atoms with Crippen molar-refractivity contribution in [1.82, 2.24) is 5.32 Å². The van der Waals surface area contributed by atoms with Crippen molar-refractivity contribution < 1.29 is 49.3 Å². The molecule has 1 fully saturated rings. The summed E-state index contributed by atoms with van der Waals surface area (Å²) in [6.07, 6.45) is 45.5. The number of ether oxygens (including phenoxy) is 3. The first-order chi connectivity index (χ1) is 33.2. The molecular formula is C57H107NO10. The molecule has 0 saturated carbocycles. The lowest BCUT2D eigenvalue weighted by Gasteiger charge is -2.40. The summed E-state index contributed by atoms with van der Waals surface area (Å²) in [4.78, 5) is 25.0. The largest absolute Gasteiger partial charge is 0.466 e. The van der Waals surface area contributed by atoms with E-state index in [1.54, 1.807) is 6.08 Å². The van der Waals surface area contributed by atoms with Gasteiger partial charge < -0.3 is 45.1 Å². The SMILES string of the molecule is CCCCCCCCCC/C=C/C(O)C(COC1OC(CO)C(O)C(O)C1O)NC(=O)CCCCCCCCC/C=C\CCCCCCCCCCOC(=O)CCCCCCCCCCCCC. The van der Waals surface area contributed by atoms with Crippen LogP contribution in [0.15, 0.2) is 24.3 Å². The molecule has 1 saturated heterocycles. The van der Waals surface area contributed by atoms with Crippen LogP contribution in [0.25, 0.3) is 0 Å². The zero-order chi connectivity index (χ0) is 49.6. The van der Waals surface area contributed by atoms with Crippen LogP contribution in [-0.4, -0.2) is 100 Å². The molecule has 68 heavy (non-hydrogen) atoms. The molecule has 7 unspecified atom stereocenters. The zero-order valence-corrected chi connectivity index (χ0v) is 43.8. The summed E-state index contributed by atoms with van der Waals surface area (Å²) in [5, 5.41) is 54.2. The number of carbonyl (C=O) groups excluding carboxylic acids is 2. The number of rotatable bonds is 49. The quantitative estimate of drug-likeness (QED) is 0.0196.